The molecule has 22 heavy (non-hydrogen) atoms. The summed E-state index contributed by atoms with van der Waals surface area (Å²) in [6, 6.07) is 10.1. The van der Waals surface area contributed by atoms with Crippen LogP contribution in [0.25, 0.3) is 0 Å². The molecule has 0 radical (unpaired) electrons. The minimum Gasteiger partial charge on any atom is -0.379 e. The molecule has 4 nitrogen and oxygen atoms in total. The SMILES string of the molecule is O=C(c1ccccc1)N1CCCCC1CCN1CCOCC1. The molecule has 4 heteroatoms. The second-order valence-electron chi connectivity index (χ2n) is 6.26. The number of rotatable bonds is 4. The maximum Gasteiger partial charge on any atom is 0.254 e. The van der Waals surface area contributed by atoms with Crippen molar-refractivity contribution in [3.63, 3.8) is 0 Å². The number of benzene rings is 1. The van der Waals surface area contributed by atoms with Crippen molar-refractivity contribution in [3.05, 3.63) is 35.9 Å². The van der Waals surface area contributed by atoms with Crippen molar-refractivity contribution in [1.29, 1.82) is 0 Å². The van der Waals surface area contributed by atoms with Gasteiger partial charge in [0.2, 0.25) is 0 Å². The fourth-order valence-corrected chi connectivity index (χ4v) is 3.47. The molecule has 1 unspecified atom stereocenters. The van der Waals surface area contributed by atoms with E-state index in [1.807, 2.05) is 30.3 Å². The monoisotopic (exact) mass is 302 g/mol. The minimum absolute atomic E-state index is 0.201. The molecule has 1 aromatic rings. The molecule has 2 saturated heterocycles. The number of hydrogen-bond donors (Lipinski definition) is 0. The van der Waals surface area contributed by atoms with Gasteiger partial charge in [0, 0.05) is 37.8 Å². The number of amides is 1. The highest BCUT2D eigenvalue weighted by Gasteiger charge is 2.27. The molecule has 2 heterocycles. The summed E-state index contributed by atoms with van der Waals surface area (Å²) in [5.41, 5.74) is 0.820. The van der Waals surface area contributed by atoms with Crippen molar-refractivity contribution in [1.82, 2.24) is 9.80 Å². The highest BCUT2D eigenvalue weighted by molar-refractivity contribution is 5.94. The zero-order valence-corrected chi connectivity index (χ0v) is 13.2. The maximum absolute atomic E-state index is 12.8. The maximum atomic E-state index is 12.8. The van der Waals surface area contributed by atoms with Crippen LogP contribution in [0.1, 0.15) is 36.0 Å². The molecule has 0 aliphatic carbocycles. The summed E-state index contributed by atoms with van der Waals surface area (Å²) in [7, 11) is 0. The van der Waals surface area contributed by atoms with Gasteiger partial charge in [-0.1, -0.05) is 18.2 Å². The molecule has 0 bridgehead atoms. The molecule has 0 saturated carbocycles. The van der Waals surface area contributed by atoms with E-state index in [1.165, 1.54) is 6.42 Å². The molecular formula is C18H26N2O2. The Morgan fingerprint density at radius 1 is 1.09 bits per heavy atom. The van der Waals surface area contributed by atoms with Crippen LogP contribution in [0.15, 0.2) is 30.3 Å². The third kappa shape index (κ3) is 3.87. The van der Waals surface area contributed by atoms with Crippen LogP contribution in [-0.2, 0) is 4.74 Å². The van der Waals surface area contributed by atoms with Gasteiger partial charge in [-0.05, 0) is 37.8 Å². The molecule has 120 valence electrons. The third-order valence-electron chi connectivity index (χ3n) is 4.79. The van der Waals surface area contributed by atoms with Gasteiger partial charge in [0.1, 0.15) is 0 Å². The number of carbonyl (C=O) groups excluding carboxylic acids is 1. The number of morpholine rings is 1. The first-order valence-corrected chi connectivity index (χ1v) is 8.51. The van der Waals surface area contributed by atoms with Gasteiger partial charge in [-0.15, -0.1) is 0 Å². The molecule has 0 aromatic heterocycles. The van der Waals surface area contributed by atoms with Crippen LogP contribution in [0.2, 0.25) is 0 Å². The van der Waals surface area contributed by atoms with Gasteiger partial charge < -0.3 is 9.64 Å². The van der Waals surface area contributed by atoms with E-state index in [-0.39, 0.29) is 5.91 Å². The number of likely N-dealkylation sites (tertiary alicyclic amines) is 1. The first-order chi connectivity index (χ1) is 10.8. The Bertz CT molecular complexity index is 471. The molecule has 1 amide bonds. The van der Waals surface area contributed by atoms with Crippen molar-refractivity contribution in [3.8, 4) is 0 Å². The van der Waals surface area contributed by atoms with Gasteiger partial charge >= 0.3 is 0 Å². The van der Waals surface area contributed by atoms with Crippen molar-refractivity contribution >= 4 is 5.91 Å². The summed E-state index contributed by atoms with van der Waals surface area (Å²) in [5.74, 6) is 0.201. The van der Waals surface area contributed by atoms with E-state index in [2.05, 4.69) is 9.80 Å². The van der Waals surface area contributed by atoms with Crippen LogP contribution in [0.5, 0.6) is 0 Å². The van der Waals surface area contributed by atoms with Crippen LogP contribution in [0.3, 0.4) is 0 Å². The van der Waals surface area contributed by atoms with E-state index in [9.17, 15) is 4.79 Å². The molecule has 0 N–H and O–H groups in total. The number of ether oxygens (including phenoxy) is 1. The zero-order valence-electron chi connectivity index (χ0n) is 13.2. The Kier molecular flexibility index (Phi) is 5.46. The van der Waals surface area contributed by atoms with Gasteiger partial charge in [0.25, 0.3) is 5.91 Å². The summed E-state index contributed by atoms with van der Waals surface area (Å²) in [4.78, 5) is 17.3. The van der Waals surface area contributed by atoms with E-state index in [1.54, 1.807) is 0 Å². The average Bonchev–Trinajstić information content (AvgIpc) is 2.61. The van der Waals surface area contributed by atoms with Gasteiger partial charge in [0.15, 0.2) is 0 Å². The molecule has 0 spiro atoms. The number of nitrogens with zero attached hydrogens (tertiary/aromatic N) is 2. The largest absolute Gasteiger partial charge is 0.379 e. The summed E-state index contributed by atoms with van der Waals surface area (Å²) in [5, 5.41) is 0. The fraction of sp³-hybridized carbons (Fsp3) is 0.611. The van der Waals surface area contributed by atoms with Crippen molar-refractivity contribution < 1.29 is 9.53 Å². The Morgan fingerprint density at radius 2 is 1.86 bits per heavy atom. The highest BCUT2D eigenvalue weighted by atomic mass is 16.5. The Labute approximate surface area is 133 Å². The summed E-state index contributed by atoms with van der Waals surface area (Å²) in [6.07, 6.45) is 4.60. The lowest BCUT2D eigenvalue weighted by atomic mass is 9.98. The van der Waals surface area contributed by atoms with E-state index < -0.39 is 0 Å². The quantitative estimate of drug-likeness (QED) is 0.856. The van der Waals surface area contributed by atoms with Crippen LogP contribution < -0.4 is 0 Å². The van der Waals surface area contributed by atoms with Crippen LogP contribution in [0.4, 0.5) is 0 Å². The Morgan fingerprint density at radius 3 is 2.64 bits per heavy atom. The first-order valence-electron chi connectivity index (χ1n) is 8.51. The molecule has 1 atom stereocenters. The number of hydrogen-bond acceptors (Lipinski definition) is 3. The van der Waals surface area contributed by atoms with Gasteiger partial charge in [0.05, 0.1) is 13.2 Å². The molecule has 2 aliphatic heterocycles. The minimum atomic E-state index is 0.201. The van der Waals surface area contributed by atoms with Crippen molar-refractivity contribution in [2.75, 3.05) is 39.4 Å². The first kappa shape index (κ1) is 15.5. The lowest BCUT2D eigenvalue weighted by molar-refractivity contribution is 0.0296. The fourth-order valence-electron chi connectivity index (χ4n) is 3.47. The topological polar surface area (TPSA) is 32.8 Å². The Balaban J connectivity index is 1.59. The predicted octanol–water partition coefficient (Wildman–Crippen LogP) is 2.40. The molecular weight excluding hydrogens is 276 g/mol. The summed E-state index contributed by atoms with van der Waals surface area (Å²) >= 11 is 0. The highest BCUT2D eigenvalue weighted by Crippen LogP contribution is 2.22. The number of piperidine rings is 1. The standard InChI is InChI=1S/C18H26N2O2/c21-18(16-6-2-1-3-7-16)20-10-5-4-8-17(20)9-11-19-12-14-22-15-13-19/h1-3,6-7,17H,4-5,8-15H2. The number of carbonyl (C=O) groups is 1. The van der Waals surface area contributed by atoms with Crippen molar-refractivity contribution in [2.24, 2.45) is 0 Å². The zero-order chi connectivity index (χ0) is 15.2. The summed E-state index contributed by atoms with van der Waals surface area (Å²) in [6.45, 7) is 5.72. The van der Waals surface area contributed by atoms with Crippen LogP contribution >= 0.6 is 0 Å². The normalized spacial score (nSPS) is 23.5. The van der Waals surface area contributed by atoms with E-state index >= 15 is 0 Å². The molecule has 1 aromatic carbocycles. The summed E-state index contributed by atoms with van der Waals surface area (Å²) < 4.78 is 5.40. The Hall–Kier alpha value is -1.39. The van der Waals surface area contributed by atoms with Crippen LogP contribution in [-0.4, -0.2) is 61.1 Å². The molecule has 2 fully saturated rings. The van der Waals surface area contributed by atoms with E-state index in [4.69, 9.17) is 4.74 Å². The average molecular weight is 302 g/mol. The van der Waals surface area contributed by atoms with Gasteiger partial charge in [-0.3, -0.25) is 9.69 Å². The van der Waals surface area contributed by atoms with Crippen LogP contribution in [0, 0.1) is 0 Å². The van der Waals surface area contributed by atoms with Gasteiger partial charge in [-0.2, -0.15) is 0 Å². The lowest BCUT2D eigenvalue weighted by Crippen LogP contribution is -2.46. The third-order valence-corrected chi connectivity index (χ3v) is 4.79. The van der Waals surface area contributed by atoms with Crippen molar-refractivity contribution in [2.45, 2.75) is 31.7 Å². The lowest BCUT2D eigenvalue weighted by Gasteiger charge is -2.37. The smallest absolute Gasteiger partial charge is 0.254 e. The van der Waals surface area contributed by atoms with E-state index in [0.717, 1.165) is 64.2 Å². The second kappa shape index (κ2) is 7.75. The predicted molar refractivity (Wildman–Crippen MR) is 87.0 cm³/mol. The van der Waals surface area contributed by atoms with E-state index in [0.29, 0.717) is 6.04 Å². The van der Waals surface area contributed by atoms with Gasteiger partial charge in [-0.25, -0.2) is 0 Å². The molecule has 2 aliphatic rings. The second-order valence-corrected chi connectivity index (χ2v) is 6.26. The molecule has 3 rings (SSSR count).